The summed E-state index contributed by atoms with van der Waals surface area (Å²) in [4.78, 5) is 30.8. The van der Waals surface area contributed by atoms with Crippen molar-refractivity contribution in [3.63, 3.8) is 0 Å². The second kappa shape index (κ2) is 6.16. The van der Waals surface area contributed by atoms with Crippen molar-refractivity contribution in [1.29, 1.82) is 0 Å². The zero-order valence-electron chi connectivity index (χ0n) is 10.4. The third-order valence-electron chi connectivity index (χ3n) is 2.30. The maximum Gasteiger partial charge on any atom is 0.376 e. The van der Waals surface area contributed by atoms with Gasteiger partial charge in [0.25, 0.3) is 0 Å². The minimum absolute atomic E-state index is 0.0353. The van der Waals surface area contributed by atoms with Crippen LogP contribution in [0.2, 0.25) is 0 Å². The van der Waals surface area contributed by atoms with Crippen molar-refractivity contribution in [1.82, 2.24) is 9.97 Å². The quantitative estimate of drug-likeness (QED) is 0.681. The number of rotatable bonds is 4. The van der Waals surface area contributed by atoms with Gasteiger partial charge in [-0.05, 0) is 24.3 Å². The van der Waals surface area contributed by atoms with E-state index in [1.807, 2.05) is 0 Å². The summed E-state index contributed by atoms with van der Waals surface area (Å²) in [6.45, 7) is 0. The average molecular weight is 290 g/mol. The summed E-state index contributed by atoms with van der Waals surface area (Å²) in [6, 6.07) is 8.08. The third-order valence-corrected chi connectivity index (χ3v) is 3.23. The molecule has 1 N–H and O–H groups in total. The van der Waals surface area contributed by atoms with Crippen LogP contribution >= 0.6 is 11.8 Å². The van der Waals surface area contributed by atoms with Gasteiger partial charge in [-0.25, -0.2) is 19.6 Å². The van der Waals surface area contributed by atoms with Gasteiger partial charge in [-0.2, -0.15) is 0 Å². The van der Waals surface area contributed by atoms with Crippen molar-refractivity contribution in [3.8, 4) is 0 Å². The molecule has 0 aliphatic heterocycles. The topological polar surface area (TPSA) is 89.4 Å². The van der Waals surface area contributed by atoms with Crippen LogP contribution in [0.4, 0.5) is 0 Å². The van der Waals surface area contributed by atoms with Gasteiger partial charge in [0.05, 0.1) is 12.7 Å². The molecule has 1 aromatic carbocycles. The van der Waals surface area contributed by atoms with Crippen molar-refractivity contribution in [3.05, 3.63) is 47.9 Å². The van der Waals surface area contributed by atoms with E-state index in [0.717, 1.165) is 0 Å². The van der Waals surface area contributed by atoms with Crippen LogP contribution in [0.5, 0.6) is 0 Å². The lowest BCUT2D eigenvalue weighted by atomic mass is 10.2. The lowest BCUT2D eigenvalue weighted by Gasteiger charge is -2.03. The highest BCUT2D eigenvalue weighted by Gasteiger charge is 2.11. The number of aromatic carboxylic acids is 1. The van der Waals surface area contributed by atoms with Gasteiger partial charge in [-0.15, -0.1) is 0 Å². The highest BCUT2D eigenvalue weighted by atomic mass is 32.2. The lowest BCUT2D eigenvalue weighted by Crippen LogP contribution is -2.07. The number of aromatic nitrogens is 2. The molecule has 102 valence electrons. The number of ether oxygens (including phenoxy) is 1. The van der Waals surface area contributed by atoms with Gasteiger partial charge in [0, 0.05) is 11.1 Å². The van der Waals surface area contributed by atoms with Gasteiger partial charge in [0.1, 0.15) is 5.03 Å². The Morgan fingerprint density at radius 2 is 2.10 bits per heavy atom. The summed E-state index contributed by atoms with van der Waals surface area (Å²) in [7, 11) is 1.25. The Kier molecular flexibility index (Phi) is 4.31. The summed E-state index contributed by atoms with van der Waals surface area (Å²) < 4.78 is 4.54. The Bertz CT molecular complexity index is 660. The molecule has 20 heavy (non-hydrogen) atoms. The van der Waals surface area contributed by atoms with E-state index in [2.05, 4.69) is 14.7 Å². The molecule has 0 aliphatic rings. The van der Waals surface area contributed by atoms with Crippen LogP contribution in [0.1, 0.15) is 21.0 Å². The van der Waals surface area contributed by atoms with Gasteiger partial charge >= 0.3 is 11.9 Å². The number of benzene rings is 1. The van der Waals surface area contributed by atoms with Gasteiger partial charge in [0.2, 0.25) is 5.82 Å². The van der Waals surface area contributed by atoms with E-state index in [-0.39, 0.29) is 11.4 Å². The molecular weight excluding hydrogens is 280 g/mol. The standard InChI is InChI=1S/C13H10N2O4S/c1-19-13(18)11-14-6-5-10(15-11)20-9-4-2-3-8(7-9)12(16)17/h2-7H,1H3,(H,16,17). The molecule has 2 aromatic rings. The Morgan fingerprint density at radius 3 is 2.80 bits per heavy atom. The molecule has 0 radical (unpaired) electrons. The van der Waals surface area contributed by atoms with Crippen LogP contribution in [-0.2, 0) is 4.74 Å². The predicted octanol–water partition coefficient (Wildman–Crippen LogP) is 2.11. The number of methoxy groups -OCH3 is 1. The van der Waals surface area contributed by atoms with Crippen molar-refractivity contribution in [2.75, 3.05) is 7.11 Å². The second-order valence-electron chi connectivity index (χ2n) is 3.65. The van der Waals surface area contributed by atoms with Crippen molar-refractivity contribution in [2.45, 2.75) is 9.92 Å². The molecular formula is C13H10N2O4S. The maximum absolute atomic E-state index is 11.3. The molecule has 1 heterocycles. The van der Waals surface area contributed by atoms with Crippen LogP contribution < -0.4 is 0 Å². The van der Waals surface area contributed by atoms with E-state index < -0.39 is 11.9 Å². The minimum Gasteiger partial charge on any atom is -0.478 e. The third kappa shape index (κ3) is 3.33. The molecule has 1 aromatic heterocycles. The van der Waals surface area contributed by atoms with E-state index in [0.29, 0.717) is 9.92 Å². The number of hydrogen-bond donors (Lipinski definition) is 1. The Hall–Kier alpha value is -2.41. The fourth-order valence-corrected chi connectivity index (χ4v) is 2.24. The number of esters is 1. The fourth-order valence-electron chi connectivity index (χ4n) is 1.40. The predicted molar refractivity (Wildman–Crippen MR) is 70.9 cm³/mol. The van der Waals surface area contributed by atoms with E-state index in [1.165, 1.54) is 37.2 Å². The first-order chi connectivity index (χ1) is 9.60. The molecule has 0 unspecified atom stereocenters. The molecule has 0 fully saturated rings. The summed E-state index contributed by atoms with van der Waals surface area (Å²) in [5, 5.41) is 9.46. The molecule has 2 rings (SSSR count). The minimum atomic E-state index is -0.995. The smallest absolute Gasteiger partial charge is 0.376 e. The Morgan fingerprint density at radius 1 is 1.30 bits per heavy atom. The van der Waals surface area contributed by atoms with Crippen molar-refractivity contribution >= 4 is 23.7 Å². The van der Waals surface area contributed by atoms with Gasteiger partial charge in [-0.3, -0.25) is 0 Å². The second-order valence-corrected chi connectivity index (χ2v) is 4.74. The van der Waals surface area contributed by atoms with Crippen LogP contribution in [0, 0.1) is 0 Å². The van der Waals surface area contributed by atoms with Crippen LogP contribution in [0.15, 0.2) is 46.5 Å². The highest BCUT2D eigenvalue weighted by Crippen LogP contribution is 2.26. The van der Waals surface area contributed by atoms with Gasteiger partial charge in [-0.1, -0.05) is 17.8 Å². The van der Waals surface area contributed by atoms with Crippen molar-refractivity contribution < 1.29 is 19.4 Å². The van der Waals surface area contributed by atoms with Gasteiger partial charge < -0.3 is 9.84 Å². The highest BCUT2D eigenvalue weighted by molar-refractivity contribution is 7.99. The molecule has 7 heteroatoms. The molecule has 0 aliphatic carbocycles. The zero-order chi connectivity index (χ0) is 14.5. The van der Waals surface area contributed by atoms with Crippen LogP contribution in [-0.4, -0.2) is 34.1 Å². The first kappa shape index (κ1) is 14.0. The summed E-state index contributed by atoms with van der Waals surface area (Å²) in [6.07, 6.45) is 1.45. The monoisotopic (exact) mass is 290 g/mol. The summed E-state index contributed by atoms with van der Waals surface area (Å²) in [5.74, 6) is -1.65. The lowest BCUT2D eigenvalue weighted by molar-refractivity contribution is 0.0585. The van der Waals surface area contributed by atoms with Crippen LogP contribution in [0.25, 0.3) is 0 Å². The van der Waals surface area contributed by atoms with E-state index in [1.54, 1.807) is 18.2 Å². The number of hydrogen-bond acceptors (Lipinski definition) is 6. The molecule has 0 saturated carbocycles. The maximum atomic E-state index is 11.3. The van der Waals surface area contributed by atoms with Gasteiger partial charge in [0.15, 0.2) is 0 Å². The normalized spacial score (nSPS) is 10.1. The summed E-state index contributed by atoms with van der Waals surface area (Å²) >= 11 is 1.24. The van der Waals surface area contributed by atoms with E-state index >= 15 is 0 Å². The molecule has 0 bridgehead atoms. The molecule has 6 nitrogen and oxygen atoms in total. The van der Waals surface area contributed by atoms with E-state index in [9.17, 15) is 9.59 Å². The Labute approximate surface area is 118 Å². The molecule has 0 atom stereocenters. The number of nitrogens with zero attached hydrogens (tertiary/aromatic N) is 2. The first-order valence-electron chi connectivity index (χ1n) is 5.52. The Balaban J connectivity index is 2.24. The zero-order valence-corrected chi connectivity index (χ0v) is 11.3. The first-order valence-corrected chi connectivity index (χ1v) is 6.34. The fraction of sp³-hybridized carbons (Fsp3) is 0.0769. The van der Waals surface area contributed by atoms with Crippen molar-refractivity contribution in [2.24, 2.45) is 0 Å². The molecule has 0 saturated heterocycles. The molecule has 0 amide bonds. The van der Waals surface area contributed by atoms with Crippen LogP contribution in [0.3, 0.4) is 0 Å². The van der Waals surface area contributed by atoms with E-state index in [4.69, 9.17) is 5.11 Å². The molecule has 0 spiro atoms. The number of carbonyl (C=O) groups is 2. The summed E-state index contributed by atoms with van der Waals surface area (Å²) in [5.41, 5.74) is 0.192. The number of carboxylic acids is 1. The number of carboxylic acid groups (broad SMARTS) is 1. The average Bonchev–Trinajstić information content (AvgIpc) is 2.47. The SMILES string of the molecule is COC(=O)c1nccc(Sc2cccc(C(=O)O)c2)n1. The number of carbonyl (C=O) groups excluding carboxylic acids is 1. The largest absolute Gasteiger partial charge is 0.478 e.